The van der Waals surface area contributed by atoms with Crippen LogP contribution in [0.3, 0.4) is 0 Å². The number of hydrogen-bond donors (Lipinski definition) is 1. The number of aryl methyl sites for hydroxylation is 2. The van der Waals surface area contributed by atoms with Gasteiger partial charge in [-0.25, -0.2) is 0 Å². The number of benzene rings is 2. The number of hydrogen-bond acceptors (Lipinski definition) is 3. The normalized spacial score (nSPS) is 16.0. The molecule has 2 aromatic carbocycles. The van der Waals surface area contributed by atoms with Crippen LogP contribution < -0.4 is 4.74 Å². The highest BCUT2D eigenvalue weighted by Gasteiger charge is 2.16. The van der Waals surface area contributed by atoms with E-state index in [9.17, 15) is 5.11 Å². The molecule has 1 N–H and O–H groups in total. The molecule has 3 heteroatoms. The third-order valence-electron chi connectivity index (χ3n) is 4.93. The summed E-state index contributed by atoms with van der Waals surface area (Å²) in [5.74, 6) is 1.02. The average molecular weight is 339 g/mol. The van der Waals surface area contributed by atoms with Crippen molar-refractivity contribution in [1.29, 1.82) is 0 Å². The van der Waals surface area contributed by atoms with Gasteiger partial charge in [-0.15, -0.1) is 0 Å². The molecular formula is C22H29NO2. The quantitative estimate of drug-likeness (QED) is 0.745. The summed E-state index contributed by atoms with van der Waals surface area (Å²) in [6.45, 7) is 3.82. The predicted molar refractivity (Wildman–Crippen MR) is 102 cm³/mol. The lowest BCUT2D eigenvalue weighted by Gasteiger charge is -2.29. The van der Waals surface area contributed by atoms with Crippen LogP contribution in [0.4, 0.5) is 0 Å². The molecule has 3 nitrogen and oxygen atoms in total. The first-order valence-corrected chi connectivity index (χ1v) is 9.46. The molecule has 1 saturated heterocycles. The molecule has 0 radical (unpaired) electrons. The van der Waals surface area contributed by atoms with Gasteiger partial charge in [0.15, 0.2) is 0 Å². The minimum absolute atomic E-state index is 0.0935. The van der Waals surface area contributed by atoms with E-state index < -0.39 is 0 Å². The van der Waals surface area contributed by atoms with Gasteiger partial charge in [0.05, 0.1) is 12.7 Å². The fraction of sp³-hybridized carbons (Fsp3) is 0.455. The fourth-order valence-corrected chi connectivity index (χ4v) is 3.39. The molecule has 0 aromatic heterocycles. The number of likely N-dealkylation sites (tertiary alicyclic amines) is 1. The van der Waals surface area contributed by atoms with Crippen molar-refractivity contribution < 1.29 is 9.84 Å². The second-order valence-corrected chi connectivity index (χ2v) is 6.87. The van der Waals surface area contributed by atoms with Gasteiger partial charge in [-0.3, -0.25) is 0 Å². The summed E-state index contributed by atoms with van der Waals surface area (Å²) in [5.41, 5.74) is 2.65. The summed E-state index contributed by atoms with van der Waals surface area (Å²) in [6.07, 6.45) is 4.79. The molecule has 1 fully saturated rings. The Morgan fingerprint density at radius 2 is 1.64 bits per heavy atom. The van der Waals surface area contributed by atoms with Gasteiger partial charge in [0, 0.05) is 19.6 Å². The van der Waals surface area contributed by atoms with Crippen molar-refractivity contribution in [3.8, 4) is 5.75 Å². The molecule has 2 aromatic rings. The van der Waals surface area contributed by atoms with E-state index in [1.165, 1.54) is 11.1 Å². The first kappa shape index (κ1) is 18.0. The zero-order valence-corrected chi connectivity index (χ0v) is 14.9. The summed E-state index contributed by atoms with van der Waals surface area (Å²) in [5, 5.41) is 9.56. The summed E-state index contributed by atoms with van der Waals surface area (Å²) >= 11 is 0. The van der Waals surface area contributed by atoms with Gasteiger partial charge in [0.2, 0.25) is 0 Å². The van der Waals surface area contributed by atoms with Crippen LogP contribution in [0.25, 0.3) is 0 Å². The summed E-state index contributed by atoms with van der Waals surface area (Å²) < 4.78 is 6.06. The van der Waals surface area contributed by atoms with Crippen LogP contribution in [0.1, 0.15) is 30.4 Å². The predicted octanol–water partition coefficient (Wildman–Crippen LogP) is 3.70. The highest BCUT2D eigenvalue weighted by Crippen LogP contribution is 2.20. The molecule has 0 spiro atoms. The van der Waals surface area contributed by atoms with Crippen molar-refractivity contribution >= 4 is 0 Å². The molecule has 134 valence electrons. The first-order valence-electron chi connectivity index (χ1n) is 9.46. The second kappa shape index (κ2) is 9.59. The minimum Gasteiger partial charge on any atom is -0.493 e. The van der Waals surface area contributed by atoms with Crippen LogP contribution in [0.2, 0.25) is 0 Å². The lowest BCUT2D eigenvalue weighted by Crippen LogP contribution is -2.36. The SMILES string of the molecule is OC1CCN(CCCOc2ccccc2CCc2ccccc2)CC1. The van der Waals surface area contributed by atoms with Crippen LogP contribution in [0, 0.1) is 0 Å². The van der Waals surface area contributed by atoms with Gasteiger partial charge in [0.25, 0.3) is 0 Å². The minimum atomic E-state index is -0.0935. The number of para-hydroxylation sites is 1. The standard InChI is InChI=1S/C22H29NO2/c24-21-13-16-23(17-14-21)15-6-18-25-22-10-5-4-9-20(22)12-11-19-7-2-1-3-8-19/h1-5,7-10,21,24H,6,11-18H2. The fourth-order valence-electron chi connectivity index (χ4n) is 3.39. The maximum absolute atomic E-state index is 9.56. The average Bonchev–Trinajstić information content (AvgIpc) is 2.66. The van der Waals surface area contributed by atoms with Crippen LogP contribution in [0.5, 0.6) is 5.75 Å². The molecule has 1 aliphatic heterocycles. The van der Waals surface area contributed by atoms with Gasteiger partial charge in [0.1, 0.15) is 5.75 Å². The van der Waals surface area contributed by atoms with Crippen LogP contribution in [-0.2, 0) is 12.8 Å². The van der Waals surface area contributed by atoms with Gasteiger partial charge in [-0.1, -0.05) is 48.5 Å². The van der Waals surface area contributed by atoms with Crippen LogP contribution >= 0.6 is 0 Å². The largest absolute Gasteiger partial charge is 0.493 e. The van der Waals surface area contributed by atoms with Crippen molar-refractivity contribution in [2.75, 3.05) is 26.2 Å². The van der Waals surface area contributed by atoms with Gasteiger partial charge in [-0.2, -0.15) is 0 Å². The topological polar surface area (TPSA) is 32.7 Å². The van der Waals surface area contributed by atoms with E-state index in [-0.39, 0.29) is 6.10 Å². The lowest BCUT2D eigenvalue weighted by molar-refractivity contribution is 0.0800. The van der Waals surface area contributed by atoms with Crippen LogP contribution in [-0.4, -0.2) is 42.4 Å². The highest BCUT2D eigenvalue weighted by molar-refractivity contribution is 5.34. The summed E-state index contributed by atoms with van der Waals surface area (Å²) in [6, 6.07) is 19.0. The smallest absolute Gasteiger partial charge is 0.122 e. The van der Waals surface area contributed by atoms with E-state index in [1.807, 2.05) is 6.07 Å². The molecule has 0 amide bonds. The Kier molecular flexibility index (Phi) is 6.89. The maximum atomic E-state index is 9.56. The molecular weight excluding hydrogens is 310 g/mol. The van der Waals surface area contributed by atoms with Crippen molar-refractivity contribution in [3.63, 3.8) is 0 Å². The number of rotatable bonds is 8. The molecule has 0 bridgehead atoms. The third-order valence-corrected chi connectivity index (χ3v) is 4.93. The van der Waals surface area contributed by atoms with Crippen molar-refractivity contribution in [2.24, 2.45) is 0 Å². The van der Waals surface area contributed by atoms with E-state index in [4.69, 9.17) is 4.74 Å². The number of aliphatic hydroxyl groups is 1. The van der Waals surface area contributed by atoms with E-state index in [0.717, 1.165) is 64.1 Å². The number of nitrogens with zero attached hydrogens (tertiary/aromatic N) is 1. The van der Waals surface area contributed by atoms with Gasteiger partial charge < -0.3 is 14.7 Å². The van der Waals surface area contributed by atoms with Gasteiger partial charge in [-0.05, 0) is 49.3 Å². The summed E-state index contributed by atoms with van der Waals surface area (Å²) in [4.78, 5) is 2.43. The van der Waals surface area contributed by atoms with E-state index >= 15 is 0 Å². The Bertz CT molecular complexity index is 621. The van der Waals surface area contributed by atoms with Crippen molar-refractivity contribution in [2.45, 2.75) is 38.2 Å². The molecule has 0 saturated carbocycles. The summed E-state index contributed by atoms with van der Waals surface area (Å²) in [7, 11) is 0. The molecule has 0 unspecified atom stereocenters. The highest BCUT2D eigenvalue weighted by atomic mass is 16.5. The second-order valence-electron chi connectivity index (χ2n) is 6.87. The molecule has 3 rings (SSSR count). The van der Waals surface area contributed by atoms with Crippen LogP contribution in [0.15, 0.2) is 54.6 Å². The van der Waals surface area contributed by atoms with E-state index in [0.29, 0.717) is 0 Å². The molecule has 1 heterocycles. The Balaban J connectivity index is 1.43. The number of piperidine rings is 1. The third kappa shape index (κ3) is 5.87. The Hall–Kier alpha value is -1.84. The Labute approximate surface area is 151 Å². The number of ether oxygens (including phenoxy) is 1. The maximum Gasteiger partial charge on any atom is 0.122 e. The van der Waals surface area contributed by atoms with Gasteiger partial charge >= 0.3 is 0 Å². The Morgan fingerprint density at radius 3 is 2.44 bits per heavy atom. The molecule has 0 atom stereocenters. The van der Waals surface area contributed by atoms with Crippen molar-refractivity contribution in [1.82, 2.24) is 4.90 Å². The number of aliphatic hydroxyl groups excluding tert-OH is 1. The zero-order valence-electron chi connectivity index (χ0n) is 14.9. The Morgan fingerprint density at radius 1 is 0.920 bits per heavy atom. The monoisotopic (exact) mass is 339 g/mol. The molecule has 25 heavy (non-hydrogen) atoms. The van der Waals surface area contributed by atoms with E-state index in [2.05, 4.69) is 53.4 Å². The van der Waals surface area contributed by atoms with E-state index in [1.54, 1.807) is 0 Å². The molecule has 1 aliphatic rings. The zero-order chi connectivity index (χ0) is 17.3. The first-order chi connectivity index (χ1) is 12.3. The molecule has 0 aliphatic carbocycles. The van der Waals surface area contributed by atoms with Crippen molar-refractivity contribution in [3.05, 3.63) is 65.7 Å². The lowest BCUT2D eigenvalue weighted by atomic mass is 10.0.